The van der Waals surface area contributed by atoms with E-state index in [1.165, 1.54) is 0 Å². The molecular weight excluding hydrogens is 551 g/mol. The van der Waals surface area contributed by atoms with Crippen LogP contribution in [0.3, 0.4) is 0 Å². The van der Waals surface area contributed by atoms with Gasteiger partial charge in [0.2, 0.25) is 0 Å². The molecular formula is C31H34F3N3O5. The number of aromatic nitrogens is 2. The van der Waals surface area contributed by atoms with Gasteiger partial charge >= 0.3 is 18.1 Å². The molecule has 3 N–H and O–H groups in total. The third-order valence-corrected chi connectivity index (χ3v) is 6.87. The van der Waals surface area contributed by atoms with Crippen molar-refractivity contribution in [2.75, 3.05) is 20.2 Å². The van der Waals surface area contributed by atoms with E-state index < -0.39 is 18.1 Å². The SMILES string of the molecule is CCN(CC)Cc1cccc(-c2cc3c(-c4ccc(C(=O)O)c(C(C)C)c4)ccnc3[nH]2)c1OC.O=C(O)C(F)(F)F. The van der Waals surface area contributed by atoms with E-state index in [2.05, 4.69) is 53.0 Å². The van der Waals surface area contributed by atoms with Crippen molar-refractivity contribution in [1.29, 1.82) is 0 Å². The molecule has 0 atom stereocenters. The molecule has 4 rings (SSSR count). The maximum Gasteiger partial charge on any atom is 0.490 e. The van der Waals surface area contributed by atoms with E-state index in [4.69, 9.17) is 14.6 Å². The molecule has 0 fully saturated rings. The second-order valence-corrected chi connectivity index (χ2v) is 9.83. The molecule has 4 aromatic rings. The number of ether oxygens (including phenoxy) is 1. The second kappa shape index (κ2) is 13.5. The van der Waals surface area contributed by atoms with Crippen LogP contribution in [-0.4, -0.2) is 63.4 Å². The maximum atomic E-state index is 11.7. The van der Waals surface area contributed by atoms with Crippen molar-refractivity contribution in [3.05, 3.63) is 71.4 Å². The molecule has 0 amide bonds. The lowest BCUT2D eigenvalue weighted by atomic mass is 9.92. The Bertz CT molecular complexity index is 1560. The van der Waals surface area contributed by atoms with Gasteiger partial charge in [0.1, 0.15) is 11.4 Å². The van der Waals surface area contributed by atoms with Gasteiger partial charge in [-0.2, -0.15) is 13.2 Å². The highest BCUT2D eigenvalue weighted by atomic mass is 19.4. The molecule has 0 aliphatic carbocycles. The number of aliphatic carboxylic acids is 1. The summed E-state index contributed by atoms with van der Waals surface area (Å²) >= 11 is 0. The summed E-state index contributed by atoms with van der Waals surface area (Å²) in [5.41, 5.74) is 7.00. The normalized spacial score (nSPS) is 11.5. The van der Waals surface area contributed by atoms with Crippen LogP contribution in [-0.2, 0) is 11.3 Å². The summed E-state index contributed by atoms with van der Waals surface area (Å²) in [4.78, 5) is 31.0. The van der Waals surface area contributed by atoms with E-state index in [1.54, 1.807) is 19.4 Å². The Balaban J connectivity index is 0.000000616. The molecule has 42 heavy (non-hydrogen) atoms. The van der Waals surface area contributed by atoms with Gasteiger partial charge in [0, 0.05) is 29.3 Å². The van der Waals surface area contributed by atoms with E-state index in [1.807, 2.05) is 32.0 Å². The quantitative estimate of drug-likeness (QED) is 0.190. The molecule has 0 unspecified atom stereocenters. The van der Waals surface area contributed by atoms with Crippen molar-refractivity contribution in [1.82, 2.24) is 14.9 Å². The number of hydrogen-bond acceptors (Lipinski definition) is 5. The van der Waals surface area contributed by atoms with E-state index >= 15 is 0 Å². The largest absolute Gasteiger partial charge is 0.496 e. The van der Waals surface area contributed by atoms with Gasteiger partial charge in [0.15, 0.2) is 0 Å². The van der Waals surface area contributed by atoms with Crippen LogP contribution in [0.1, 0.15) is 55.1 Å². The first-order valence-electron chi connectivity index (χ1n) is 13.4. The zero-order valence-electron chi connectivity index (χ0n) is 24.0. The number of carbonyl (C=O) groups is 2. The van der Waals surface area contributed by atoms with Crippen LogP contribution in [0, 0.1) is 0 Å². The first-order valence-corrected chi connectivity index (χ1v) is 13.4. The monoisotopic (exact) mass is 585 g/mol. The molecule has 8 nitrogen and oxygen atoms in total. The number of pyridine rings is 1. The number of nitrogens with zero attached hydrogens (tertiary/aromatic N) is 2. The van der Waals surface area contributed by atoms with Crippen molar-refractivity contribution >= 4 is 23.0 Å². The summed E-state index contributed by atoms with van der Waals surface area (Å²) in [6.07, 6.45) is -3.30. The van der Waals surface area contributed by atoms with Gasteiger partial charge in [0.05, 0.1) is 18.4 Å². The van der Waals surface area contributed by atoms with Crippen LogP contribution in [0.5, 0.6) is 5.75 Å². The van der Waals surface area contributed by atoms with E-state index in [0.717, 1.165) is 69.9 Å². The number of methoxy groups -OCH3 is 1. The number of aromatic amines is 1. The molecule has 2 heterocycles. The molecule has 11 heteroatoms. The molecule has 2 aromatic heterocycles. The topological polar surface area (TPSA) is 116 Å². The highest BCUT2D eigenvalue weighted by Crippen LogP contribution is 2.38. The molecule has 0 aliphatic rings. The van der Waals surface area contributed by atoms with Crippen LogP contribution in [0.25, 0.3) is 33.4 Å². The average molecular weight is 586 g/mol. The number of carboxylic acid groups (broad SMARTS) is 2. The summed E-state index contributed by atoms with van der Waals surface area (Å²) in [5.74, 6) is -2.70. The van der Waals surface area contributed by atoms with E-state index in [0.29, 0.717) is 5.56 Å². The van der Waals surface area contributed by atoms with Crippen molar-refractivity contribution < 1.29 is 37.7 Å². The van der Waals surface area contributed by atoms with E-state index in [9.17, 15) is 23.1 Å². The fraction of sp³-hybridized carbons (Fsp3) is 0.323. The first kappa shape index (κ1) is 32.1. The minimum atomic E-state index is -5.08. The Morgan fingerprint density at radius 1 is 1.02 bits per heavy atom. The molecule has 0 radical (unpaired) electrons. The fourth-order valence-electron chi connectivity index (χ4n) is 4.68. The Hall–Kier alpha value is -4.38. The molecule has 2 aromatic carbocycles. The predicted octanol–water partition coefficient (Wildman–Crippen LogP) is 7.20. The number of rotatable bonds is 9. The standard InChI is InChI=1S/C29H33N3O3.C2HF3O2/c1-6-32(7-2)17-20-9-8-10-23(27(20)35-5)26-16-25-21(13-14-30-28(25)31-26)19-11-12-22(29(33)34)24(15-19)18(3)4;3-2(4,5)1(6)7/h8-16,18H,6-7,17H2,1-5H3,(H,30,31)(H,33,34);(H,6,7). The Kier molecular flexibility index (Phi) is 10.3. The lowest BCUT2D eigenvalue weighted by Crippen LogP contribution is -2.22. The number of aromatic carboxylic acids is 1. The Morgan fingerprint density at radius 3 is 2.24 bits per heavy atom. The van der Waals surface area contributed by atoms with Crippen LogP contribution in [0.2, 0.25) is 0 Å². The lowest BCUT2D eigenvalue weighted by Gasteiger charge is -2.20. The summed E-state index contributed by atoms with van der Waals surface area (Å²) in [5, 5.41) is 17.7. The summed E-state index contributed by atoms with van der Waals surface area (Å²) in [6, 6.07) is 15.9. The van der Waals surface area contributed by atoms with E-state index in [-0.39, 0.29) is 5.92 Å². The Labute approximate surface area is 241 Å². The summed E-state index contributed by atoms with van der Waals surface area (Å²) in [7, 11) is 1.72. The highest BCUT2D eigenvalue weighted by molar-refractivity contribution is 5.98. The molecule has 224 valence electrons. The van der Waals surface area contributed by atoms with Crippen molar-refractivity contribution in [3.8, 4) is 28.1 Å². The molecule has 0 saturated carbocycles. The van der Waals surface area contributed by atoms with Gasteiger partial charge in [-0.1, -0.05) is 52.0 Å². The van der Waals surface area contributed by atoms with Crippen LogP contribution in [0.4, 0.5) is 13.2 Å². The predicted molar refractivity (Wildman–Crippen MR) is 155 cm³/mol. The fourth-order valence-corrected chi connectivity index (χ4v) is 4.68. The smallest absolute Gasteiger partial charge is 0.490 e. The second-order valence-electron chi connectivity index (χ2n) is 9.83. The average Bonchev–Trinajstić information content (AvgIpc) is 3.39. The summed E-state index contributed by atoms with van der Waals surface area (Å²) < 4.78 is 37.6. The third-order valence-electron chi connectivity index (χ3n) is 6.87. The molecule has 0 aliphatic heterocycles. The number of H-pyrrole nitrogens is 1. The van der Waals surface area contributed by atoms with Crippen molar-refractivity contribution in [3.63, 3.8) is 0 Å². The van der Waals surface area contributed by atoms with Gasteiger partial charge in [0.25, 0.3) is 0 Å². The number of carboxylic acids is 2. The minimum absolute atomic E-state index is 0.0953. The number of para-hydroxylation sites is 1. The molecule has 0 saturated heterocycles. The first-order chi connectivity index (χ1) is 19.8. The minimum Gasteiger partial charge on any atom is -0.496 e. The van der Waals surface area contributed by atoms with Gasteiger partial charge < -0.3 is 19.9 Å². The van der Waals surface area contributed by atoms with Crippen LogP contribution >= 0.6 is 0 Å². The van der Waals surface area contributed by atoms with Gasteiger partial charge in [-0.15, -0.1) is 0 Å². The zero-order chi connectivity index (χ0) is 31.2. The van der Waals surface area contributed by atoms with Crippen molar-refractivity contribution in [2.45, 2.75) is 46.3 Å². The number of benzene rings is 2. The van der Waals surface area contributed by atoms with Gasteiger partial charge in [-0.25, -0.2) is 14.6 Å². The van der Waals surface area contributed by atoms with Gasteiger partial charge in [-0.3, -0.25) is 4.90 Å². The number of hydrogen-bond donors (Lipinski definition) is 3. The van der Waals surface area contributed by atoms with Crippen molar-refractivity contribution in [2.24, 2.45) is 0 Å². The maximum absolute atomic E-state index is 11.7. The summed E-state index contributed by atoms with van der Waals surface area (Å²) in [6.45, 7) is 11.1. The molecule has 0 spiro atoms. The number of nitrogens with one attached hydrogen (secondary N) is 1. The van der Waals surface area contributed by atoms with Crippen LogP contribution in [0.15, 0.2) is 54.7 Å². The number of alkyl halides is 3. The van der Waals surface area contributed by atoms with Crippen LogP contribution < -0.4 is 4.74 Å². The number of fused-ring (bicyclic) bond motifs is 1. The number of halogens is 3. The lowest BCUT2D eigenvalue weighted by molar-refractivity contribution is -0.192. The molecule has 0 bridgehead atoms. The third kappa shape index (κ3) is 7.27. The zero-order valence-corrected chi connectivity index (χ0v) is 24.0. The van der Waals surface area contributed by atoms with Gasteiger partial charge in [-0.05, 0) is 60.0 Å². The highest BCUT2D eigenvalue weighted by Gasteiger charge is 2.38. The Morgan fingerprint density at radius 2 is 1.69 bits per heavy atom.